The number of hydrogen-bond donors (Lipinski definition) is 0. The summed E-state index contributed by atoms with van der Waals surface area (Å²) in [6.07, 6.45) is 6.48. The van der Waals surface area contributed by atoms with E-state index in [1.54, 1.807) is 18.6 Å². The van der Waals surface area contributed by atoms with E-state index in [4.69, 9.17) is 0 Å². The van der Waals surface area contributed by atoms with Crippen molar-refractivity contribution >= 4 is 5.91 Å². The number of carbonyl (C=O) groups is 1. The van der Waals surface area contributed by atoms with E-state index in [-0.39, 0.29) is 5.91 Å². The van der Waals surface area contributed by atoms with Gasteiger partial charge in [-0.1, -0.05) is 35.9 Å². The van der Waals surface area contributed by atoms with Crippen molar-refractivity contribution in [2.24, 2.45) is 0 Å². The van der Waals surface area contributed by atoms with Crippen molar-refractivity contribution in [2.45, 2.75) is 32.9 Å². The van der Waals surface area contributed by atoms with Gasteiger partial charge >= 0.3 is 0 Å². The van der Waals surface area contributed by atoms with Gasteiger partial charge in [0.25, 0.3) is 0 Å². The molecule has 0 saturated heterocycles. The van der Waals surface area contributed by atoms with E-state index < -0.39 is 0 Å². The minimum absolute atomic E-state index is 0.133. The van der Waals surface area contributed by atoms with Gasteiger partial charge < -0.3 is 4.90 Å². The lowest BCUT2D eigenvalue weighted by molar-refractivity contribution is -0.132. The normalized spacial score (nSPS) is 10.5. The first-order valence-corrected chi connectivity index (χ1v) is 8.83. The van der Waals surface area contributed by atoms with E-state index in [0.717, 1.165) is 16.8 Å². The fourth-order valence-electron chi connectivity index (χ4n) is 2.91. The lowest BCUT2D eigenvalue weighted by atomic mass is 10.1. The van der Waals surface area contributed by atoms with Gasteiger partial charge in [-0.3, -0.25) is 14.8 Å². The minimum Gasteiger partial charge on any atom is -0.332 e. The molecular formula is C22H23N3O. The van der Waals surface area contributed by atoms with Crippen LogP contribution >= 0.6 is 0 Å². The fraction of sp³-hybridized carbons (Fsp3) is 0.227. The highest BCUT2D eigenvalue weighted by atomic mass is 16.2. The Hall–Kier alpha value is -3.01. The van der Waals surface area contributed by atoms with Crippen LogP contribution in [0.3, 0.4) is 0 Å². The predicted molar refractivity (Wildman–Crippen MR) is 102 cm³/mol. The molecule has 4 nitrogen and oxygen atoms in total. The average Bonchev–Trinajstić information content (AvgIpc) is 2.67. The van der Waals surface area contributed by atoms with E-state index in [0.29, 0.717) is 25.9 Å². The second-order valence-corrected chi connectivity index (χ2v) is 6.42. The summed E-state index contributed by atoms with van der Waals surface area (Å²) in [5.41, 5.74) is 4.36. The van der Waals surface area contributed by atoms with Crippen molar-refractivity contribution in [3.63, 3.8) is 0 Å². The summed E-state index contributed by atoms with van der Waals surface area (Å²) in [6.45, 7) is 3.18. The highest BCUT2D eigenvalue weighted by molar-refractivity contribution is 5.76. The highest BCUT2D eigenvalue weighted by Gasteiger charge is 2.15. The number of rotatable bonds is 7. The second-order valence-electron chi connectivity index (χ2n) is 6.42. The van der Waals surface area contributed by atoms with E-state index >= 15 is 0 Å². The van der Waals surface area contributed by atoms with Crippen LogP contribution < -0.4 is 0 Å². The fourth-order valence-corrected chi connectivity index (χ4v) is 2.91. The quantitative estimate of drug-likeness (QED) is 0.651. The first-order chi connectivity index (χ1) is 12.7. The largest absolute Gasteiger partial charge is 0.332 e. The summed E-state index contributed by atoms with van der Waals surface area (Å²) < 4.78 is 0. The van der Waals surface area contributed by atoms with Crippen LogP contribution in [-0.4, -0.2) is 20.8 Å². The van der Waals surface area contributed by atoms with Crippen LogP contribution in [0.2, 0.25) is 0 Å². The van der Waals surface area contributed by atoms with Gasteiger partial charge in [-0.05, 0) is 48.7 Å². The molecule has 0 unspecified atom stereocenters. The maximum absolute atomic E-state index is 12.9. The summed E-state index contributed by atoms with van der Waals surface area (Å²) in [5, 5.41) is 0. The van der Waals surface area contributed by atoms with Gasteiger partial charge in [0.15, 0.2) is 0 Å². The first kappa shape index (κ1) is 17.8. The Morgan fingerprint density at radius 1 is 0.923 bits per heavy atom. The van der Waals surface area contributed by atoms with Crippen LogP contribution in [0.15, 0.2) is 73.2 Å². The minimum atomic E-state index is 0.133. The van der Waals surface area contributed by atoms with Gasteiger partial charge in [-0.15, -0.1) is 0 Å². The zero-order chi connectivity index (χ0) is 18.2. The molecule has 26 heavy (non-hydrogen) atoms. The van der Waals surface area contributed by atoms with Crippen molar-refractivity contribution in [1.82, 2.24) is 14.9 Å². The summed E-state index contributed by atoms with van der Waals surface area (Å²) in [6, 6.07) is 18.0. The summed E-state index contributed by atoms with van der Waals surface area (Å²) in [4.78, 5) is 23.2. The van der Waals surface area contributed by atoms with Crippen LogP contribution in [0.5, 0.6) is 0 Å². The Balaban J connectivity index is 1.71. The average molecular weight is 345 g/mol. The Bertz CT molecular complexity index is 834. The van der Waals surface area contributed by atoms with Gasteiger partial charge in [-0.25, -0.2) is 0 Å². The predicted octanol–water partition coefficient (Wildman–Crippen LogP) is 3.95. The van der Waals surface area contributed by atoms with E-state index in [1.807, 2.05) is 41.3 Å². The number of aromatic nitrogens is 2. The standard InChI is InChI=1S/C22H23N3O/c1-18-5-4-6-20(15-18)16-25(17-21-7-2-3-12-24-21)22(26)9-8-19-10-13-23-14-11-19/h2-7,10-15H,8-9,16-17H2,1H3. The Kier molecular flexibility index (Phi) is 6.09. The van der Waals surface area contributed by atoms with Crippen LogP contribution in [0.4, 0.5) is 0 Å². The molecule has 0 saturated carbocycles. The molecule has 3 aromatic rings. The molecule has 2 aromatic heterocycles. The van der Waals surface area contributed by atoms with E-state index in [1.165, 1.54) is 5.56 Å². The molecule has 0 aliphatic rings. The van der Waals surface area contributed by atoms with Gasteiger partial charge in [0.2, 0.25) is 5.91 Å². The van der Waals surface area contributed by atoms with Gasteiger partial charge in [0, 0.05) is 31.6 Å². The number of hydrogen-bond acceptors (Lipinski definition) is 3. The zero-order valence-corrected chi connectivity index (χ0v) is 15.0. The van der Waals surface area contributed by atoms with Crippen LogP contribution in [-0.2, 0) is 24.3 Å². The number of aryl methyl sites for hydroxylation is 2. The molecule has 1 amide bonds. The Labute approximate surface area is 154 Å². The Morgan fingerprint density at radius 2 is 1.77 bits per heavy atom. The molecule has 4 heteroatoms. The van der Waals surface area contributed by atoms with E-state index in [9.17, 15) is 4.79 Å². The third-order valence-corrected chi connectivity index (χ3v) is 4.26. The molecule has 0 radical (unpaired) electrons. The topological polar surface area (TPSA) is 46.1 Å². The number of pyridine rings is 2. The van der Waals surface area contributed by atoms with Crippen molar-refractivity contribution in [1.29, 1.82) is 0 Å². The number of carbonyl (C=O) groups excluding carboxylic acids is 1. The molecule has 0 atom stereocenters. The lowest BCUT2D eigenvalue weighted by Crippen LogP contribution is -2.30. The summed E-state index contributed by atoms with van der Waals surface area (Å²) in [5.74, 6) is 0.133. The summed E-state index contributed by atoms with van der Waals surface area (Å²) >= 11 is 0. The number of amides is 1. The monoisotopic (exact) mass is 345 g/mol. The zero-order valence-electron chi connectivity index (χ0n) is 15.0. The molecule has 0 fully saturated rings. The van der Waals surface area contributed by atoms with Crippen LogP contribution in [0.1, 0.15) is 28.8 Å². The smallest absolute Gasteiger partial charge is 0.223 e. The van der Waals surface area contributed by atoms with Crippen LogP contribution in [0, 0.1) is 6.92 Å². The molecule has 1 aromatic carbocycles. The molecule has 0 spiro atoms. The van der Waals surface area contributed by atoms with Gasteiger partial charge in [-0.2, -0.15) is 0 Å². The third kappa shape index (κ3) is 5.24. The van der Waals surface area contributed by atoms with Crippen molar-refractivity contribution in [2.75, 3.05) is 0 Å². The highest BCUT2D eigenvalue weighted by Crippen LogP contribution is 2.13. The maximum atomic E-state index is 12.9. The first-order valence-electron chi connectivity index (χ1n) is 8.83. The Morgan fingerprint density at radius 3 is 2.50 bits per heavy atom. The SMILES string of the molecule is Cc1cccc(CN(Cc2ccccn2)C(=O)CCc2ccncc2)c1. The molecule has 2 heterocycles. The number of nitrogens with zero attached hydrogens (tertiary/aromatic N) is 3. The lowest BCUT2D eigenvalue weighted by Gasteiger charge is -2.23. The molecule has 132 valence electrons. The molecule has 0 bridgehead atoms. The second kappa shape index (κ2) is 8.90. The molecule has 0 aliphatic heterocycles. The van der Waals surface area contributed by atoms with Crippen LogP contribution in [0.25, 0.3) is 0 Å². The molecular weight excluding hydrogens is 322 g/mol. The van der Waals surface area contributed by atoms with Crippen molar-refractivity contribution in [3.8, 4) is 0 Å². The summed E-state index contributed by atoms with van der Waals surface area (Å²) in [7, 11) is 0. The molecule has 0 N–H and O–H groups in total. The molecule has 0 aliphatic carbocycles. The molecule has 3 rings (SSSR count). The van der Waals surface area contributed by atoms with Crippen molar-refractivity contribution in [3.05, 3.63) is 95.6 Å². The van der Waals surface area contributed by atoms with E-state index in [2.05, 4.69) is 35.1 Å². The number of benzene rings is 1. The third-order valence-electron chi connectivity index (χ3n) is 4.26. The van der Waals surface area contributed by atoms with Crippen molar-refractivity contribution < 1.29 is 4.79 Å². The maximum Gasteiger partial charge on any atom is 0.223 e. The van der Waals surface area contributed by atoms with Gasteiger partial charge in [0.05, 0.1) is 12.2 Å². The van der Waals surface area contributed by atoms with Gasteiger partial charge in [0.1, 0.15) is 0 Å².